The van der Waals surface area contributed by atoms with Gasteiger partial charge in [-0.15, -0.1) is 0 Å². The Balaban J connectivity index is 1.22. The van der Waals surface area contributed by atoms with Crippen molar-refractivity contribution in [1.29, 1.82) is 0 Å². The van der Waals surface area contributed by atoms with E-state index in [0.29, 0.717) is 0 Å². The van der Waals surface area contributed by atoms with Gasteiger partial charge in [0.1, 0.15) is 23.0 Å². The van der Waals surface area contributed by atoms with E-state index in [4.69, 9.17) is 19.7 Å². The third-order valence-corrected chi connectivity index (χ3v) is 9.35. The van der Waals surface area contributed by atoms with Crippen molar-refractivity contribution in [3.63, 3.8) is 0 Å². The van der Waals surface area contributed by atoms with Crippen LogP contribution < -0.4 is 4.74 Å². The van der Waals surface area contributed by atoms with Crippen LogP contribution in [0.5, 0.6) is 11.5 Å². The van der Waals surface area contributed by atoms with Crippen molar-refractivity contribution in [1.82, 2.24) is 23.9 Å². The molecule has 6 nitrogen and oxygen atoms in total. The Kier molecular flexibility index (Phi) is 6.18. The average molecular weight is 624 g/mol. The molecule has 9 rings (SSSR count). The van der Waals surface area contributed by atoms with Gasteiger partial charge in [0.15, 0.2) is 0 Å². The van der Waals surface area contributed by atoms with Crippen LogP contribution >= 0.6 is 0 Å². The minimum absolute atomic E-state index is 0.0865. The lowest BCUT2D eigenvalue weighted by Crippen LogP contribution is -2.16. The molecule has 0 atom stereocenters. The summed E-state index contributed by atoms with van der Waals surface area (Å²) in [6.45, 7) is 8.82. The molecule has 0 unspecified atom stereocenters. The lowest BCUT2D eigenvalue weighted by Gasteiger charge is -2.23. The van der Waals surface area contributed by atoms with Crippen LogP contribution in [0.1, 0.15) is 31.9 Å². The predicted octanol–water partition coefficient (Wildman–Crippen LogP) is 10.6. The third kappa shape index (κ3) is 4.37. The standard InChI is InChI=1S/C42H33N5O/c1-26-11-5-6-12-29(26)35-25-46-37-16-10-21-43-39(37)32-20-18-27(23-33(32)40(46)45-35)48-28-17-19-31-30-13-7-8-15-36(30)47(38(31)24-28)41-34(42(2,3)4)14-9-22-44-41/h5-25H,1-4H3. The van der Waals surface area contributed by atoms with Gasteiger partial charge in [0.2, 0.25) is 0 Å². The summed E-state index contributed by atoms with van der Waals surface area (Å²) in [5.41, 5.74) is 9.31. The molecule has 0 amide bonds. The highest BCUT2D eigenvalue weighted by atomic mass is 16.5. The second kappa shape index (κ2) is 10.5. The van der Waals surface area contributed by atoms with Crippen LogP contribution in [-0.4, -0.2) is 23.9 Å². The van der Waals surface area contributed by atoms with Gasteiger partial charge in [-0.25, -0.2) is 9.97 Å². The van der Waals surface area contributed by atoms with E-state index in [0.717, 1.165) is 72.4 Å². The molecule has 5 heterocycles. The number of hydrogen-bond donors (Lipinski definition) is 0. The Bertz CT molecular complexity index is 2710. The predicted molar refractivity (Wildman–Crippen MR) is 196 cm³/mol. The minimum atomic E-state index is -0.0865. The van der Waals surface area contributed by atoms with Gasteiger partial charge in [-0.3, -0.25) is 14.0 Å². The Hall–Kier alpha value is -6.01. The minimum Gasteiger partial charge on any atom is -0.457 e. The summed E-state index contributed by atoms with van der Waals surface area (Å²) in [6, 6.07) is 37.7. The number of aryl methyl sites for hydroxylation is 1. The zero-order chi connectivity index (χ0) is 32.6. The van der Waals surface area contributed by atoms with E-state index in [2.05, 4.69) is 134 Å². The van der Waals surface area contributed by atoms with E-state index in [1.807, 2.05) is 30.6 Å². The highest BCUT2D eigenvalue weighted by Gasteiger charge is 2.23. The van der Waals surface area contributed by atoms with Crippen molar-refractivity contribution in [3.8, 4) is 28.6 Å². The number of imidazole rings is 1. The fourth-order valence-electron chi connectivity index (χ4n) is 7.06. The van der Waals surface area contributed by atoms with Crippen LogP contribution in [0.2, 0.25) is 0 Å². The maximum atomic E-state index is 6.66. The summed E-state index contributed by atoms with van der Waals surface area (Å²) in [4.78, 5) is 14.9. The Labute approximate surface area is 277 Å². The first-order valence-electron chi connectivity index (χ1n) is 16.3. The molecule has 48 heavy (non-hydrogen) atoms. The molecule has 0 saturated heterocycles. The largest absolute Gasteiger partial charge is 0.457 e. The molecular formula is C42H33N5O. The van der Waals surface area contributed by atoms with E-state index < -0.39 is 0 Å². The number of ether oxygens (including phenoxy) is 1. The second-order valence-electron chi connectivity index (χ2n) is 13.5. The topological polar surface area (TPSA) is 57.2 Å². The summed E-state index contributed by atoms with van der Waals surface area (Å²) in [6.07, 6.45) is 5.84. The molecule has 0 saturated carbocycles. The molecule has 9 aromatic rings. The summed E-state index contributed by atoms with van der Waals surface area (Å²) in [7, 11) is 0. The van der Waals surface area contributed by atoms with Crippen LogP contribution in [0.25, 0.3) is 66.3 Å². The fourth-order valence-corrected chi connectivity index (χ4v) is 7.06. The normalized spacial score (nSPS) is 12.2. The first kappa shape index (κ1) is 28.2. The van der Waals surface area contributed by atoms with Crippen molar-refractivity contribution in [2.45, 2.75) is 33.1 Å². The Morgan fingerprint density at radius 2 is 1.33 bits per heavy atom. The number of pyridine rings is 3. The van der Waals surface area contributed by atoms with Crippen molar-refractivity contribution >= 4 is 49.3 Å². The van der Waals surface area contributed by atoms with E-state index in [1.165, 1.54) is 16.5 Å². The fraction of sp³-hybridized carbons (Fsp3) is 0.119. The molecule has 232 valence electrons. The third-order valence-electron chi connectivity index (χ3n) is 9.35. The monoisotopic (exact) mass is 623 g/mol. The number of nitrogens with zero attached hydrogens (tertiary/aromatic N) is 5. The zero-order valence-electron chi connectivity index (χ0n) is 27.3. The SMILES string of the molecule is Cc1ccccc1-c1cn2c3cccnc3c3ccc(Oc4ccc5c6ccccc6n(-c6ncccc6C(C)(C)C)c5c4)cc3c2n1. The number of benzene rings is 4. The molecule has 0 fully saturated rings. The summed E-state index contributed by atoms with van der Waals surface area (Å²) in [5.74, 6) is 2.41. The van der Waals surface area contributed by atoms with Crippen molar-refractivity contribution in [2.24, 2.45) is 0 Å². The van der Waals surface area contributed by atoms with E-state index in [9.17, 15) is 0 Å². The lowest BCUT2D eigenvalue weighted by molar-refractivity contribution is 0.484. The van der Waals surface area contributed by atoms with Gasteiger partial charge < -0.3 is 4.74 Å². The zero-order valence-corrected chi connectivity index (χ0v) is 27.3. The Morgan fingerprint density at radius 3 is 2.19 bits per heavy atom. The molecule has 5 aromatic heterocycles. The maximum Gasteiger partial charge on any atom is 0.146 e. The van der Waals surface area contributed by atoms with Crippen LogP contribution in [-0.2, 0) is 5.41 Å². The quantitative estimate of drug-likeness (QED) is 0.183. The van der Waals surface area contributed by atoms with Gasteiger partial charge in [-0.1, -0.05) is 69.3 Å². The molecule has 0 spiro atoms. The summed E-state index contributed by atoms with van der Waals surface area (Å²) in [5, 5.41) is 4.35. The first-order valence-corrected chi connectivity index (χ1v) is 16.3. The van der Waals surface area contributed by atoms with Gasteiger partial charge in [0.05, 0.1) is 27.8 Å². The van der Waals surface area contributed by atoms with Crippen molar-refractivity contribution in [2.75, 3.05) is 0 Å². The molecule has 0 radical (unpaired) electrons. The highest BCUT2D eigenvalue weighted by Crippen LogP contribution is 2.39. The summed E-state index contributed by atoms with van der Waals surface area (Å²) < 4.78 is 11.1. The average Bonchev–Trinajstić information content (AvgIpc) is 3.68. The molecule has 0 bridgehead atoms. The molecule has 0 aliphatic heterocycles. The van der Waals surface area contributed by atoms with Crippen LogP contribution in [0, 0.1) is 6.92 Å². The van der Waals surface area contributed by atoms with Gasteiger partial charge in [-0.05, 0) is 72.5 Å². The molecule has 6 heteroatoms. The van der Waals surface area contributed by atoms with E-state index in [1.54, 1.807) is 0 Å². The van der Waals surface area contributed by atoms with Crippen molar-refractivity contribution in [3.05, 3.63) is 139 Å². The summed E-state index contributed by atoms with van der Waals surface area (Å²) >= 11 is 0. The van der Waals surface area contributed by atoms with Crippen LogP contribution in [0.3, 0.4) is 0 Å². The highest BCUT2D eigenvalue weighted by molar-refractivity contribution is 6.11. The molecular weight excluding hydrogens is 590 g/mol. The van der Waals surface area contributed by atoms with Gasteiger partial charge in [-0.2, -0.15) is 0 Å². The van der Waals surface area contributed by atoms with E-state index in [-0.39, 0.29) is 5.41 Å². The lowest BCUT2D eigenvalue weighted by atomic mass is 9.87. The van der Waals surface area contributed by atoms with Crippen LogP contribution in [0.15, 0.2) is 128 Å². The molecule has 4 aromatic carbocycles. The van der Waals surface area contributed by atoms with E-state index >= 15 is 0 Å². The van der Waals surface area contributed by atoms with Gasteiger partial charge in [0.25, 0.3) is 0 Å². The van der Waals surface area contributed by atoms with Crippen LogP contribution in [0.4, 0.5) is 0 Å². The number of aromatic nitrogens is 5. The number of hydrogen-bond acceptors (Lipinski definition) is 4. The second-order valence-corrected chi connectivity index (χ2v) is 13.5. The van der Waals surface area contributed by atoms with Gasteiger partial charge in [0, 0.05) is 57.3 Å². The Morgan fingerprint density at radius 1 is 0.625 bits per heavy atom. The molecule has 0 aliphatic carbocycles. The number of para-hydroxylation sites is 1. The number of fused-ring (bicyclic) bond motifs is 9. The first-order chi connectivity index (χ1) is 23.3. The number of rotatable bonds is 4. The smallest absolute Gasteiger partial charge is 0.146 e. The maximum absolute atomic E-state index is 6.66. The molecule has 0 aliphatic rings. The molecule has 0 N–H and O–H groups in total. The van der Waals surface area contributed by atoms with Crippen molar-refractivity contribution < 1.29 is 4.74 Å². The van der Waals surface area contributed by atoms with Gasteiger partial charge >= 0.3 is 0 Å².